The van der Waals surface area contributed by atoms with Gasteiger partial charge in [-0.15, -0.1) is 0 Å². The van der Waals surface area contributed by atoms with Crippen LogP contribution in [0.25, 0.3) is 0 Å². The highest BCUT2D eigenvalue weighted by atomic mass is 16.5. The van der Waals surface area contributed by atoms with Gasteiger partial charge >= 0.3 is 0 Å². The summed E-state index contributed by atoms with van der Waals surface area (Å²) in [4.78, 5) is 2.63. The van der Waals surface area contributed by atoms with Crippen molar-refractivity contribution in [3.63, 3.8) is 0 Å². The molecule has 1 fully saturated rings. The predicted molar refractivity (Wildman–Crippen MR) is 78.1 cm³/mol. The van der Waals surface area contributed by atoms with E-state index < -0.39 is 0 Å². The van der Waals surface area contributed by atoms with E-state index in [1.807, 2.05) is 0 Å². The van der Waals surface area contributed by atoms with Gasteiger partial charge in [0.15, 0.2) is 0 Å². The number of nitrogens with one attached hydrogen (secondary N) is 1. The maximum atomic E-state index is 5.32. The summed E-state index contributed by atoms with van der Waals surface area (Å²) in [6.45, 7) is 12.2. The number of unbranched alkanes of at least 4 members (excludes halogenated alkanes) is 1. The molecule has 3 nitrogen and oxygen atoms in total. The lowest BCUT2D eigenvalue weighted by molar-refractivity contribution is 0.143. The molecule has 0 aromatic heterocycles. The smallest absolute Gasteiger partial charge is 0.0466 e. The molecule has 1 aliphatic carbocycles. The van der Waals surface area contributed by atoms with Crippen molar-refractivity contribution in [2.24, 2.45) is 5.92 Å². The molecule has 1 N–H and O–H groups in total. The minimum Gasteiger partial charge on any atom is -0.382 e. The van der Waals surface area contributed by atoms with Gasteiger partial charge < -0.3 is 15.0 Å². The Bertz CT molecular complexity index is 183. The normalized spacial score (nSPS) is 15.5. The highest BCUT2D eigenvalue weighted by Crippen LogP contribution is 2.29. The zero-order chi connectivity index (χ0) is 13.1. The van der Waals surface area contributed by atoms with E-state index in [0.29, 0.717) is 0 Å². The molecule has 0 aliphatic heterocycles. The Balaban J connectivity index is 1.87. The number of hydrogen-bond acceptors (Lipinski definition) is 3. The molecule has 0 radical (unpaired) electrons. The lowest BCUT2D eigenvalue weighted by Gasteiger charge is -2.21. The van der Waals surface area contributed by atoms with Crippen molar-refractivity contribution in [1.29, 1.82) is 0 Å². The lowest BCUT2D eigenvalue weighted by atomic mass is 10.3. The Hall–Kier alpha value is -0.120. The molecule has 0 atom stereocenters. The van der Waals surface area contributed by atoms with Crippen molar-refractivity contribution in [3.05, 3.63) is 0 Å². The standard InChI is InChI=1S/C15H32N2O/c1-3-11-17(14-15-7-8-15)12-10-16-9-5-6-13-18-4-2/h15-16H,3-14H2,1-2H3. The van der Waals surface area contributed by atoms with E-state index >= 15 is 0 Å². The second-order valence-electron chi connectivity index (χ2n) is 5.40. The van der Waals surface area contributed by atoms with Crippen LogP contribution >= 0.6 is 0 Å². The first-order chi connectivity index (χ1) is 8.86. The lowest BCUT2D eigenvalue weighted by Crippen LogP contribution is -2.34. The van der Waals surface area contributed by atoms with Crippen LogP contribution in [0.4, 0.5) is 0 Å². The number of ether oxygens (including phenoxy) is 1. The van der Waals surface area contributed by atoms with E-state index in [0.717, 1.165) is 32.2 Å². The largest absolute Gasteiger partial charge is 0.382 e. The van der Waals surface area contributed by atoms with Crippen molar-refractivity contribution in [3.8, 4) is 0 Å². The van der Waals surface area contributed by atoms with Gasteiger partial charge in [0.05, 0.1) is 0 Å². The molecule has 1 rings (SSSR count). The molecule has 1 saturated carbocycles. The summed E-state index contributed by atoms with van der Waals surface area (Å²) in [5, 5.41) is 3.55. The molecule has 0 bridgehead atoms. The van der Waals surface area contributed by atoms with Crippen molar-refractivity contribution in [2.75, 3.05) is 45.9 Å². The van der Waals surface area contributed by atoms with Gasteiger partial charge in [0.2, 0.25) is 0 Å². The highest BCUT2D eigenvalue weighted by Gasteiger charge is 2.23. The fraction of sp³-hybridized carbons (Fsp3) is 1.00. The topological polar surface area (TPSA) is 24.5 Å². The fourth-order valence-corrected chi connectivity index (χ4v) is 2.24. The molecule has 0 heterocycles. The van der Waals surface area contributed by atoms with Gasteiger partial charge in [0.1, 0.15) is 0 Å². The Morgan fingerprint density at radius 1 is 1.11 bits per heavy atom. The van der Waals surface area contributed by atoms with Gasteiger partial charge in [0, 0.05) is 32.8 Å². The van der Waals surface area contributed by atoms with Gasteiger partial charge in [-0.1, -0.05) is 6.92 Å². The van der Waals surface area contributed by atoms with E-state index in [1.165, 1.54) is 51.7 Å². The quantitative estimate of drug-likeness (QED) is 0.513. The number of rotatable bonds is 13. The summed E-state index contributed by atoms with van der Waals surface area (Å²) >= 11 is 0. The molecule has 1 aliphatic rings. The van der Waals surface area contributed by atoms with Crippen molar-refractivity contribution < 1.29 is 4.74 Å². The van der Waals surface area contributed by atoms with Crippen molar-refractivity contribution in [2.45, 2.75) is 46.0 Å². The number of nitrogens with zero attached hydrogens (tertiary/aromatic N) is 1. The molecule has 0 spiro atoms. The summed E-state index contributed by atoms with van der Waals surface area (Å²) in [5.74, 6) is 1.02. The van der Waals surface area contributed by atoms with Crippen LogP contribution in [-0.2, 0) is 4.74 Å². The molecular formula is C15H32N2O. The average molecular weight is 256 g/mol. The Morgan fingerprint density at radius 3 is 2.61 bits per heavy atom. The highest BCUT2D eigenvalue weighted by molar-refractivity contribution is 4.77. The van der Waals surface area contributed by atoms with E-state index in [9.17, 15) is 0 Å². The van der Waals surface area contributed by atoms with Crippen LogP contribution in [0.3, 0.4) is 0 Å². The minimum atomic E-state index is 0.848. The molecule has 108 valence electrons. The van der Waals surface area contributed by atoms with Crippen LogP contribution in [0, 0.1) is 5.92 Å². The fourth-order valence-electron chi connectivity index (χ4n) is 2.24. The molecule has 0 saturated heterocycles. The summed E-state index contributed by atoms with van der Waals surface area (Å²) < 4.78 is 5.32. The monoisotopic (exact) mass is 256 g/mol. The van der Waals surface area contributed by atoms with Crippen LogP contribution in [-0.4, -0.2) is 50.8 Å². The van der Waals surface area contributed by atoms with Crippen LogP contribution < -0.4 is 5.32 Å². The molecule has 0 amide bonds. The average Bonchev–Trinajstić information content (AvgIpc) is 3.16. The van der Waals surface area contributed by atoms with Crippen LogP contribution in [0.5, 0.6) is 0 Å². The van der Waals surface area contributed by atoms with E-state index in [4.69, 9.17) is 4.74 Å². The summed E-state index contributed by atoms with van der Waals surface area (Å²) in [6, 6.07) is 0. The zero-order valence-electron chi connectivity index (χ0n) is 12.4. The molecule has 0 unspecified atom stereocenters. The zero-order valence-corrected chi connectivity index (χ0v) is 12.4. The van der Waals surface area contributed by atoms with Crippen LogP contribution in [0.15, 0.2) is 0 Å². The van der Waals surface area contributed by atoms with E-state index in [1.54, 1.807) is 0 Å². The maximum Gasteiger partial charge on any atom is 0.0466 e. The van der Waals surface area contributed by atoms with E-state index in [2.05, 4.69) is 24.1 Å². The minimum absolute atomic E-state index is 0.848. The van der Waals surface area contributed by atoms with Gasteiger partial charge in [-0.05, 0) is 58.0 Å². The third kappa shape index (κ3) is 8.90. The van der Waals surface area contributed by atoms with E-state index in [-0.39, 0.29) is 0 Å². The van der Waals surface area contributed by atoms with Gasteiger partial charge in [-0.3, -0.25) is 0 Å². The first-order valence-corrected chi connectivity index (χ1v) is 7.87. The van der Waals surface area contributed by atoms with Crippen molar-refractivity contribution >= 4 is 0 Å². The third-order valence-electron chi connectivity index (χ3n) is 3.45. The molecule has 0 aromatic carbocycles. The van der Waals surface area contributed by atoms with Crippen LogP contribution in [0.1, 0.15) is 46.0 Å². The molecule has 18 heavy (non-hydrogen) atoms. The molecule has 0 aromatic rings. The predicted octanol–water partition coefficient (Wildman–Crippen LogP) is 2.51. The van der Waals surface area contributed by atoms with Gasteiger partial charge in [-0.2, -0.15) is 0 Å². The number of hydrogen-bond donors (Lipinski definition) is 1. The Kier molecular flexibility index (Phi) is 9.54. The summed E-state index contributed by atoms with van der Waals surface area (Å²) in [7, 11) is 0. The summed E-state index contributed by atoms with van der Waals surface area (Å²) in [6.07, 6.45) is 6.62. The second-order valence-corrected chi connectivity index (χ2v) is 5.40. The molecule has 3 heteroatoms. The Labute approximate surface area is 113 Å². The Morgan fingerprint density at radius 2 is 1.94 bits per heavy atom. The second kappa shape index (κ2) is 10.8. The third-order valence-corrected chi connectivity index (χ3v) is 3.45. The van der Waals surface area contributed by atoms with Crippen LogP contribution in [0.2, 0.25) is 0 Å². The van der Waals surface area contributed by atoms with Crippen molar-refractivity contribution in [1.82, 2.24) is 10.2 Å². The first-order valence-electron chi connectivity index (χ1n) is 7.87. The van der Waals surface area contributed by atoms with Gasteiger partial charge in [-0.25, -0.2) is 0 Å². The molecular weight excluding hydrogens is 224 g/mol. The summed E-state index contributed by atoms with van der Waals surface area (Å²) in [5.41, 5.74) is 0. The SMILES string of the molecule is CCCN(CCNCCCCOCC)CC1CC1. The van der Waals surface area contributed by atoms with Gasteiger partial charge in [0.25, 0.3) is 0 Å². The first kappa shape index (κ1) is 15.9. The maximum absolute atomic E-state index is 5.32.